The van der Waals surface area contributed by atoms with Gasteiger partial charge in [0.15, 0.2) is 0 Å². The smallest absolute Gasteiger partial charge is 0.231 e. The molecule has 0 aromatic heterocycles. The minimum Gasteiger partial charge on any atom is -0.369 e. The molecular weight excluding hydrogens is 81.0 g/mol. The highest BCUT2D eigenvalue weighted by molar-refractivity contribution is 5.75. The molecule has 0 atom stereocenters. The van der Waals surface area contributed by atoms with Crippen LogP contribution in [0.25, 0.3) is 0 Å². The fraction of sp³-hybridized carbons (Fsp3) is 0.333. The van der Waals surface area contributed by atoms with E-state index in [0.717, 1.165) is 0 Å². The van der Waals surface area contributed by atoms with E-state index in [1.54, 1.807) is 6.07 Å². The third-order valence-corrected chi connectivity index (χ3v) is 0.253. The number of hydrogen-bond acceptors (Lipinski definition) is 2. The average molecular weight is 85.1 g/mol. The number of hydrogen-bond donors (Lipinski definition) is 1. The normalized spacial score (nSPS) is 6.50. The van der Waals surface area contributed by atoms with E-state index >= 15 is 0 Å². The van der Waals surface area contributed by atoms with Gasteiger partial charge in [0.25, 0.3) is 0 Å². The van der Waals surface area contributed by atoms with Crippen molar-refractivity contribution in [3.8, 4) is 6.07 Å². The monoisotopic (exact) mass is 85.0 g/mol. The van der Waals surface area contributed by atoms with Crippen LogP contribution in [-0.4, -0.2) is 5.91 Å². The summed E-state index contributed by atoms with van der Waals surface area (Å²) in [7, 11) is 0. The molecule has 0 unspecified atom stereocenters. The molecule has 0 aliphatic rings. The van der Waals surface area contributed by atoms with E-state index in [1.807, 2.05) is 0 Å². The molecular formula is C3H4N2O. The Labute approximate surface area is 35.4 Å². The predicted molar refractivity (Wildman–Crippen MR) is 19.4 cm³/mol. The molecule has 0 radical (unpaired) electrons. The van der Waals surface area contributed by atoms with Gasteiger partial charge >= 0.3 is 0 Å². The van der Waals surface area contributed by atoms with Gasteiger partial charge in [0.05, 0.1) is 6.07 Å². The fourth-order valence-electron chi connectivity index (χ4n) is 0.0779. The van der Waals surface area contributed by atoms with E-state index in [1.165, 1.54) is 0 Å². The Morgan fingerprint density at radius 2 is 2.50 bits per heavy atom. The van der Waals surface area contributed by atoms with Crippen molar-refractivity contribution in [1.29, 1.82) is 5.26 Å². The van der Waals surface area contributed by atoms with Gasteiger partial charge in [-0.2, -0.15) is 5.26 Å². The highest BCUT2D eigenvalue weighted by Gasteiger charge is 1.84. The van der Waals surface area contributed by atoms with Crippen LogP contribution in [0.15, 0.2) is 0 Å². The average Bonchev–Trinajstić information content (AvgIpc) is 1.35. The summed E-state index contributed by atoms with van der Waals surface area (Å²) in [6, 6.07) is 1.59. The summed E-state index contributed by atoms with van der Waals surface area (Å²) >= 11 is 0. The van der Waals surface area contributed by atoms with E-state index in [4.69, 9.17) is 5.26 Å². The zero-order valence-corrected chi connectivity index (χ0v) is 3.14. The van der Waals surface area contributed by atoms with Crippen molar-refractivity contribution in [2.24, 2.45) is 5.73 Å². The minimum absolute atomic E-state index is 0.181. The lowest BCUT2D eigenvalue weighted by Crippen LogP contribution is -2.07. The summed E-state index contributed by atoms with van der Waals surface area (Å²) in [6.45, 7) is 0. The first kappa shape index (κ1) is 4.96. The Morgan fingerprint density at radius 1 is 2.00 bits per heavy atom. The molecule has 2 N–H and O–H groups in total. The number of carbonyl (C=O) groups excluding carboxylic acids is 1. The first-order chi connectivity index (χ1) is 2.77. The molecule has 0 aliphatic heterocycles. The van der Waals surface area contributed by atoms with Crippen LogP contribution in [0.3, 0.4) is 0 Å². The van der Waals surface area contributed by atoms with Gasteiger partial charge in [-0.3, -0.25) is 4.79 Å². The molecule has 0 aromatic carbocycles. The standard InChI is InChI=1S/C3H4N2O/c4-2-1-3(5)6/h1H2,(H2,5,6)/i1+1. The SMILES string of the molecule is N#C[13CH2]C(N)=O. The molecule has 6 heavy (non-hydrogen) atoms. The fourth-order valence-corrected chi connectivity index (χ4v) is 0.0779. The first-order valence-electron chi connectivity index (χ1n) is 1.42. The maximum atomic E-state index is 9.60. The highest BCUT2D eigenvalue weighted by atomic mass is 16.1. The second-order valence-corrected chi connectivity index (χ2v) is 0.801. The predicted octanol–water partition coefficient (Wildman–Crippen LogP) is -0.615. The first-order valence-corrected chi connectivity index (χ1v) is 1.42. The Hall–Kier alpha value is -1.04. The van der Waals surface area contributed by atoms with Crippen molar-refractivity contribution >= 4 is 5.91 Å². The van der Waals surface area contributed by atoms with Gasteiger partial charge in [0.2, 0.25) is 5.91 Å². The molecule has 0 bridgehead atoms. The lowest BCUT2D eigenvalue weighted by molar-refractivity contribution is -0.117. The van der Waals surface area contributed by atoms with Gasteiger partial charge in [-0.15, -0.1) is 0 Å². The van der Waals surface area contributed by atoms with E-state index in [9.17, 15) is 4.79 Å². The molecule has 0 fully saturated rings. The largest absolute Gasteiger partial charge is 0.369 e. The van der Waals surface area contributed by atoms with Gasteiger partial charge in [0, 0.05) is 0 Å². The van der Waals surface area contributed by atoms with Gasteiger partial charge in [0.1, 0.15) is 6.42 Å². The van der Waals surface area contributed by atoms with Crippen LogP contribution in [0.4, 0.5) is 0 Å². The Kier molecular flexibility index (Phi) is 1.83. The van der Waals surface area contributed by atoms with Gasteiger partial charge in [-0.25, -0.2) is 0 Å². The summed E-state index contributed by atoms with van der Waals surface area (Å²) in [5.41, 5.74) is 4.54. The second-order valence-electron chi connectivity index (χ2n) is 0.801. The summed E-state index contributed by atoms with van der Waals surface area (Å²) in [5, 5.41) is 7.69. The summed E-state index contributed by atoms with van der Waals surface area (Å²) in [5.74, 6) is -0.572. The van der Waals surface area contributed by atoms with Crippen molar-refractivity contribution in [3.63, 3.8) is 0 Å². The summed E-state index contributed by atoms with van der Waals surface area (Å²) < 4.78 is 0. The van der Waals surface area contributed by atoms with Crippen molar-refractivity contribution in [3.05, 3.63) is 0 Å². The number of primary amides is 1. The number of rotatable bonds is 1. The Balaban J connectivity index is 3.13. The molecule has 0 aliphatic carbocycles. The van der Waals surface area contributed by atoms with Crippen LogP contribution in [0.5, 0.6) is 0 Å². The molecule has 0 rings (SSSR count). The number of nitrogens with zero attached hydrogens (tertiary/aromatic N) is 1. The quantitative estimate of drug-likeness (QED) is 0.431. The van der Waals surface area contributed by atoms with Crippen molar-refractivity contribution in [1.82, 2.24) is 0 Å². The molecule has 0 aromatic rings. The number of amides is 1. The lowest BCUT2D eigenvalue weighted by atomic mass is 10.8. The lowest BCUT2D eigenvalue weighted by Gasteiger charge is -1.71. The third kappa shape index (κ3) is 2.96. The van der Waals surface area contributed by atoms with Gasteiger partial charge in [-0.1, -0.05) is 0 Å². The van der Waals surface area contributed by atoms with E-state index in [-0.39, 0.29) is 6.42 Å². The molecule has 0 spiro atoms. The molecule has 32 valence electrons. The van der Waals surface area contributed by atoms with E-state index in [2.05, 4.69) is 5.73 Å². The molecule has 0 heterocycles. The van der Waals surface area contributed by atoms with Crippen LogP contribution in [-0.2, 0) is 4.79 Å². The summed E-state index contributed by atoms with van der Waals surface area (Å²) in [4.78, 5) is 9.60. The maximum absolute atomic E-state index is 9.60. The van der Waals surface area contributed by atoms with Crippen LogP contribution in [0, 0.1) is 11.3 Å². The number of nitrogens with two attached hydrogens (primary N) is 1. The number of carbonyl (C=O) groups is 1. The van der Waals surface area contributed by atoms with Crippen molar-refractivity contribution < 1.29 is 4.79 Å². The third-order valence-electron chi connectivity index (χ3n) is 0.253. The zero-order valence-electron chi connectivity index (χ0n) is 3.14. The topological polar surface area (TPSA) is 66.9 Å². The number of nitriles is 1. The molecule has 3 nitrogen and oxygen atoms in total. The van der Waals surface area contributed by atoms with Crippen molar-refractivity contribution in [2.75, 3.05) is 0 Å². The molecule has 0 saturated heterocycles. The Morgan fingerprint density at radius 3 is 2.50 bits per heavy atom. The summed E-state index contributed by atoms with van der Waals surface area (Å²) in [6.07, 6.45) is -0.181. The highest BCUT2D eigenvalue weighted by Crippen LogP contribution is 1.64. The van der Waals surface area contributed by atoms with Crippen LogP contribution in [0.2, 0.25) is 0 Å². The Bertz CT molecular complexity index is 91.5. The maximum Gasteiger partial charge on any atom is 0.231 e. The second kappa shape index (κ2) is 2.21. The van der Waals surface area contributed by atoms with Gasteiger partial charge < -0.3 is 5.73 Å². The zero-order chi connectivity index (χ0) is 4.99. The van der Waals surface area contributed by atoms with Crippen LogP contribution < -0.4 is 5.73 Å². The molecule has 3 heteroatoms. The van der Waals surface area contributed by atoms with Crippen LogP contribution in [0.1, 0.15) is 6.42 Å². The van der Waals surface area contributed by atoms with Crippen molar-refractivity contribution in [2.45, 2.75) is 6.42 Å². The molecule has 1 amide bonds. The van der Waals surface area contributed by atoms with E-state index < -0.39 is 5.91 Å². The molecule has 0 saturated carbocycles. The van der Waals surface area contributed by atoms with E-state index in [0.29, 0.717) is 0 Å². The minimum atomic E-state index is -0.572. The van der Waals surface area contributed by atoms with Gasteiger partial charge in [-0.05, 0) is 0 Å². The van der Waals surface area contributed by atoms with Crippen LogP contribution >= 0.6 is 0 Å².